The first-order chi connectivity index (χ1) is 12.2. The van der Waals surface area contributed by atoms with Gasteiger partial charge in [0.15, 0.2) is 5.82 Å². The number of aromatic hydroxyl groups is 1. The van der Waals surface area contributed by atoms with Crippen molar-refractivity contribution >= 4 is 16.7 Å². The van der Waals surface area contributed by atoms with Gasteiger partial charge in [-0.3, -0.25) is 0 Å². The monoisotopic (exact) mass is 334 g/mol. The molecule has 0 saturated heterocycles. The van der Waals surface area contributed by atoms with Crippen molar-refractivity contribution in [1.82, 2.24) is 9.97 Å². The predicted molar refractivity (Wildman–Crippen MR) is 100 cm³/mol. The van der Waals surface area contributed by atoms with Gasteiger partial charge in [-0.2, -0.15) is 0 Å². The molecule has 4 rings (SSSR count). The molecular formula is C20H22N4O. The summed E-state index contributed by atoms with van der Waals surface area (Å²) in [6, 6.07) is 15.4. The zero-order valence-corrected chi connectivity index (χ0v) is 14.0. The van der Waals surface area contributed by atoms with Crippen molar-refractivity contribution in [1.29, 1.82) is 0 Å². The van der Waals surface area contributed by atoms with Crippen LogP contribution < -0.4 is 11.1 Å². The second-order valence-electron chi connectivity index (χ2n) is 6.63. The van der Waals surface area contributed by atoms with E-state index in [0.717, 1.165) is 29.6 Å². The van der Waals surface area contributed by atoms with Crippen LogP contribution in [0, 0.1) is 0 Å². The number of aromatic nitrogens is 2. The lowest BCUT2D eigenvalue weighted by atomic mass is 9.91. The summed E-state index contributed by atoms with van der Waals surface area (Å²) in [6.45, 7) is 0. The van der Waals surface area contributed by atoms with Crippen molar-refractivity contribution in [3.63, 3.8) is 0 Å². The smallest absolute Gasteiger partial charge is 0.165 e. The second kappa shape index (κ2) is 6.69. The maximum Gasteiger partial charge on any atom is 0.165 e. The van der Waals surface area contributed by atoms with Crippen molar-refractivity contribution in [3.05, 3.63) is 48.5 Å². The van der Waals surface area contributed by atoms with E-state index < -0.39 is 0 Å². The van der Waals surface area contributed by atoms with Gasteiger partial charge in [0.1, 0.15) is 11.6 Å². The van der Waals surface area contributed by atoms with Crippen LogP contribution >= 0.6 is 0 Å². The number of hydrogen-bond donors (Lipinski definition) is 3. The van der Waals surface area contributed by atoms with Crippen LogP contribution in [-0.4, -0.2) is 27.2 Å². The molecular weight excluding hydrogens is 312 g/mol. The van der Waals surface area contributed by atoms with Crippen LogP contribution in [0.3, 0.4) is 0 Å². The van der Waals surface area contributed by atoms with Crippen LogP contribution in [0.25, 0.3) is 22.3 Å². The Labute approximate surface area is 146 Å². The second-order valence-corrected chi connectivity index (χ2v) is 6.63. The van der Waals surface area contributed by atoms with Gasteiger partial charge in [-0.25, -0.2) is 9.97 Å². The molecule has 1 aliphatic rings. The Morgan fingerprint density at radius 2 is 1.72 bits per heavy atom. The molecule has 5 nitrogen and oxygen atoms in total. The number of nitrogens with two attached hydrogens (primary N) is 1. The first kappa shape index (κ1) is 15.8. The van der Waals surface area contributed by atoms with Gasteiger partial charge >= 0.3 is 0 Å². The topological polar surface area (TPSA) is 84.1 Å². The molecule has 5 heteroatoms. The molecule has 2 aromatic carbocycles. The number of rotatable bonds is 3. The number of hydrogen-bond acceptors (Lipinski definition) is 5. The Bertz CT molecular complexity index is 896. The molecule has 1 fully saturated rings. The van der Waals surface area contributed by atoms with E-state index in [1.807, 2.05) is 36.4 Å². The van der Waals surface area contributed by atoms with Gasteiger partial charge in [-0.1, -0.05) is 37.1 Å². The number of phenolic OH excluding ortho intramolecular Hbond substituents is 1. The molecule has 1 aromatic heterocycles. The molecule has 0 spiro atoms. The highest BCUT2D eigenvalue weighted by atomic mass is 16.3. The summed E-state index contributed by atoms with van der Waals surface area (Å²) >= 11 is 0. The van der Waals surface area contributed by atoms with E-state index >= 15 is 0 Å². The number of benzene rings is 2. The molecule has 4 N–H and O–H groups in total. The van der Waals surface area contributed by atoms with E-state index in [4.69, 9.17) is 10.7 Å². The average molecular weight is 334 g/mol. The summed E-state index contributed by atoms with van der Waals surface area (Å²) in [7, 11) is 0. The molecule has 0 bridgehead atoms. The minimum Gasteiger partial charge on any atom is -0.507 e. The largest absolute Gasteiger partial charge is 0.507 e. The highest BCUT2D eigenvalue weighted by Crippen LogP contribution is 2.31. The molecule has 1 unspecified atom stereocenters. The molecule has 25 heavy (non-hydrogen) atoms. The van der Waals surface area contributed by atoms with E-state index in [1.54, 1.807) is 12.1 Å². The van der Waals surface area contributed by atoms with Crippen molar-refractivity contribution in [2.24, 2.45) is 5.73 Å². The Kier molecular flexibility index (Phi) is 4.24. The third-order valence-corrected chi connectivity index (χ3v) is 4.89. The number of fused-ring (bicyclic) bond motifs is 1. The van der Waals surface area contributed by atoms with E-state index in [1.165, 1.54) is 12.8 Å². The Morgan fingerprint density at radius 3 is 2.56 bits per heavy atom. The number of nitrogens with zero attached hydrogens (tertiary/aromatic N) is 2. The van der Waals surface area contributed by atoms with Gasteiger partial charge in [-0.05, 0) is 37.1 Å². The van der Waals surface area contributed by atoms with Crippen molar-refractivity contribution in [3.8, 4) is 17.1 Å². The molecule has 0 amide bonds. The van der Waals surface area contributed by atoms with E-state index in [-0.39, 0.29) is 17.8 Å². The minimum absolute atomic E-state index is 0.135. The summed E-state index contributed by atoms with van der Waals surface area (Å²) in [5.41, 5.74) is 7.78. The van der Waals surface area contributed by atoms with Crippen LogP contribution in [0.15, 0.2) is 48.5 Å². The highest BCUT2D eigenvalue weighted by Gasteiger charge is 2.23. The van der Waals surface area contributed by atoms with E-state index in [0.29, 0.717) is 11.4 Å². The van der Waals surface area contributed by atoms with Crippen LogP contribution in [0.5, 0.6) is 5.75 Å². The third kappa shape index (κ3) is 3.15. The van der Waals surface area contributed by atoms with Crippen LogP contribution in [0.2, 0.25) is 0 Å². The minimum atomic E-state index is 0.135. The third-order valence-electron chi connectivity index (χ3n) is 4.89. The fraction of sp³-hybridized carbons (Fsp3) is 0.300. The van der Waals surface area contributed by atoms with Gasteiger partial charge in [0, 0.05) is 17.5 Å². The quantitative estimate of drug-likeness (QED) is 0.680. The molecule has 128 valence electrons. The molecule has 2 atom stereocenters. The normalized spacial score (nSPS) is 20.5. The van der Waals surface area contributed by atoms with Crippen molar-refractivity contribution in [2.75, 3.05) is 5.32 Å². The SMILES string of the molecule is N[C@H]1CCCCC1Nc1nc(-c2ccccc2O)nc2ccccc12. The lowest BCUT2D eigenvalue weighted by Crippen LogP contribution is -2.42. The summed E-state index contributed by atoms with van der Waals surface area (Å²) in [5, 5.41) is 14.7. The fourth-order valence-electron chi connectivity index (χ4n) is 3.48. The lowest BCUT2D eigenvalue weighted by molar-refractivity contribution is 0.403. The molecule has 0 radical (unpaired) electrons. The van der Waals surface area contributed by atoms with Gasteiger partial charge in [0.05, 0.1) is 11.1 Å². The van der Waals surface area contributed by atoms with Gasteiger partial charge in [0.2, 0.25) is 0 Å². The zero-order chi connectivity index (χ0) is 17.2. The molecule has 1 saturated carbocycles. The Morgan fingerprint density at radius 1 is 0.960 bits per heavy atom. The molecule has 1 aliphatic carbocycles. The Hall–Kier alpha value is -2.66. The van der Waals surface area contributed by atoms with Gasteiger partial charge < -0.3 is 16.2 Å². The summed E-state index contributed by atoms with van der Waals surface area (Å²) in [5.74, 6) is 1.48. The number of anilines is 1. The first-order valence-corrected chi connectivity index (χ1v) is 8.79. The highest BCUT2D eigenvalue weighted by molar-refractivity contribution is 5.91. The summed E-state index contributed by atoms with van der Waals surface area (Å²) < 4.78 is 0. The van der Waals surface area contributed by atoms with Crippen LogP contribution in [-0.2, 0) is 0 Å². The zero-order valence-electron chi connectivity index (χ0n) is 14.0. The number of nitrogens with one attached hydrogen (secondary N) is 1. The van der Waals surface area contributed by atoms with E-state index in [9.17, 15) is 5.11 Å². The van der Waals surface area contributed by atoms with Gasteiger partial charge in [-0.15, -0.1) is 0 Å². The number of para-hydroxylation sites is 2. The average Bonchev–Trinajstić information content (AvgIpc) is 2.64. The van der Waals surface area contributed by atoms with Gasteiger partial charge in [0.25, 0.3) is 0 Å². The molecule has 1 heterocycles. The molecule has 3 aromatic rings. The lowest BCUT2D eigenvalue weighted by Gasteiger charge is -2.30. The summed E-state index contributed by atoms with van der Waals surface area (Å²) in [6.07, 6.45) is 4.45. The number of phenols is 1. The van der Waals surface area contributed by atoms with Crippen LogP contribution in [0.1, 0.15) is 25.7 Å². The standard InChI is InChI=1S/C20H22N4O/c21-15-9-3-5-11-17(15)23-19-13-7-1-4-10-16(13)22-20(24-19)14-8-2-6-12-18(14)25/h1-2,4,6-8,10,12,15,17,25H,3,5,9,11,21H2,(H,22,23,24)/t15-,17?/m0/s1. The first-order valence-electron chi connectivity index (χ1n) is 8.79. The van der Waals surface area contributed by atoms with Crippen molar-refractivity contribution in [2.45, 2.75) is 37.8 Å². The maximum absolute atomic E-state index is 10.2. The van der Waals surface area contributed by atoms with Crippen LogP contribution in [0.4, 0.5) is 5.82 Å². The van der Waals surface area contributed by atoms with Crippen molar-refractivity contribution < 1.29 is 5.11 Å². The Balaban J connectivity index is 1.80. The predicted octanol–water partition coefficient (Wildman–Crippen LogP) is 3.68. The molecule has 0 aliphatic heterocycles. The fourth-order valence-corrected chi connectivity index (χ4v) is 3.48. The summed E-state index contributed by atoms with van der Waals surface area (Å²) in [4.78, 5) is 9.36. The maximum atomic E-state index is 10.2. The van der Waals surface area contributed by atoms with E-state index in [2.05, 4.69) is 10.3 Å².